The molecule has 1 heterocycles. The number of amides is 1. The largest absolute Gasteiger partial charge is 0.444 e. The lowest BCUT2D eigenvalue weighted by Gasteiger charge is -2.39. The van der Waals surface area contributed by atoms with E-state index in [1.54, 1.807) is 17.0 Å². The fourth-order valence-electron chi connectivity index (χ4n) is 2.52. The van der Waals surface area contributed by atoms with Crippen molar-refractivity contribution < 1.29 is 18.7 Å². The number of likely N-dealkylation sites (tertiary alicyclic amines) is 1. The number of hydrogen-bond acceptors (Lipinski definition) is 3. The van der Waals surface area contributed by atoms with Crippen molar-refractivity contribution in [2.75, 3.05) is 13.1 Å². The van der Waals surface area contributed by atoms with Crippen molar-refractivity contribution in [3.8, 4) is 0 Å². The normalized spacial score (nSPS) is 17.7. The predicted octanol–water partition coefficient (Wildman–Crippen LogP) is 4.89. The first-order valence-electron chi connectivity index (χ1n) is 8.14. The van der Waals surface area contributed by atoms with Crippen LogP contribution in [0.25, 0.3) is 0 Å². The molecule has 1 aromatic rings. The van der Waals surface area contributed by atoms with Gasteiger partial charge in [0.05, 0.1) is 16.7 Å². The summed E-state index contributed by atoms with van der Waals surface area (Å²) < 4.78 is 25.2. The quantitative estimate of drug-likeness (QED) is 0.723. The molecule has 0 aliphatic carbocycles. The lowest BCUT2D eigenvalue weighted by molar-refractivity contribution is -0.0812. The number of piperidine rings is 1. The Morgan fingerprint density at radius 2 is 1.96 bits per heavy atom. The number of halogens is 2. The predicted molar refractivity (Wildman–Crippen MR) is 94.3 cm³/mol. The van der Waals surface area contributed by atoms with Gasteiger partial charge in [0, 0.05) is 13.1 Å². The molecule has 0 radical (unpaired) electrons. The minimum atomic E-state index is -0.482. The summed E-state index contributed by atoms with van der Waals surface area (Å²) in [6.45, 7) is 9.28. The Morgan fingerprint density at radius 3 is 2.50 bits per heavy atom. The van der Waals surface area contributed by atoms with Gasteiger partial charge in [0.15, 0.2) is 0 Å². The van der Waals surface area contributed by atoms with Crippen LogP contribution in [0.2, 0.25) is 0 Å². The van der Waals surface area contributed by atoms with E-state index in [0.717, 1.165) is 18.4 Å². The number of carbonyl (C=O) groups excluding carboxylic acids is 1. The zero-order chi connectivity index (χ0) is 18.0. The smallest absolute Gasteiger partial charge is 0.410 e. The Labute approximate surface area is 151 Å². The van der Waals surface area contributed by atoms with E-state index in [0.29, 0.717) is 24.2 Å². The molecule has 1 amide bonds. The third-order valence-electron chi connectivity index (χ3n) is 4.04. The molecule has 24 heavy (non-hydrogen) atoms. The van der Waals surface area contributed by atoms with Crippen molar-refractivity contribution in [3.05, 3.63) is 34.1 Å². The molecular weight excluding hydrogens is 377 g/mol. The third-order valence-corrected chi connectivity index (χ3v) is 4.65. The van der Waals surface area contributed by atoms with Gasteiger partial charge in [0.2, 0.25) is 0 Å². The molecule has 0 unspecified atom stereocenters. The molecule has 0 bridgehead atoms. The van der Waals surface area contributed by atoms with Gasteiger partial charge in [0.25, 0.3) is 0 Å². The maximum atomic E-state index is 13.3. The molecule has 0 saturated carbocycles. The van der Waals surface area contributed by atoms with Gasteiger partial charge in [0.1, 0.15) is 11.4 Å². The highest BCUT2D eigenvalue weighted by Gasteiger charge is 2.34. The zero-order valence-corrected chi connectivity index (χ0v) is 16.3. The minimum absolute atomic E-state index is 0.271. The van der Waals surface area contributed by atoms with Crippen molar-refractivity contribution in [2.45, 2.75) is 58.3 Å². The highest BCUT2D eigenvalue weighted by atomic mass is 79.9. The Balaban J connectivity index is 1.85. The molecule has 0 atom stereocenters. The molecule has 0 aromatic heterocycles. The molecule has 0 N–H and O–H groups in total. The van der Waals surface area contributed by atoms with E-state index in [4.69, 9.17) is 9.47 Å². The van der Waals surface area contributed by atoms with Crippen LogP contribution in [0.5, 0.6) is 0 Å². The molecule has 1 fully saturated rings. The number of carbonyl (C=O) groups is 1. The summed E-state index contributed by atoms with van der Waals surface area (Å²) in [7, 11) is 0. The number of hydrogen-bond donors (Lipinski definition) is 0. The first-order valence-corrected chi connectivity index (χ1v) is 8.93. The summed E-state index contributed by atoms with van der Waals surface area (Å²) >= 11 is 3.18. The second kappa shape index (κ2) is 7.40. The minimum Gasteiger partial charge on any atom is -0.444 e. The average molecular weight is 402 g/mol. The Hall–Kier alpha value is -1.14. The van der Waals surface area contributed by atoms with Gasteiger partial charge < -0.3 is 14.4 Å². The first-order chi connectivity index (χ1) is 11.1. The van der Waals surface area contributed by atoms with E-state index in [1.807, 2.05) is 20.8 Å². The van der Waals surface area contributed by atoms with E-state index >= 15 is 0 Å². The van der Waals surface area contributed by atoms with Crippen molar-refractivity contribution in [1.82, 2.24) is 4.90 Å². The summed E-state index contributed by atoms with van der Waals surface area (Å²) in [6, 6.07) is 4.88. The van der Waals surface area contributed by atoms with E-state index in [-0.39, 0.29) is 17.5 Å². The van der Waals surface area contributed by atoms with Crippen LogP contribution in [-0.4, -0.2) is 35.3 Å². The maximum Gasteiger partial charge on any atom is 0.410 e. The summed E-state index contributed by atoms with van der Waals surface area (Å²) in [6.07, 6.45) is 1.22. The third kappa shape index (κ3) is 5.45. The highest BCUT2D eigenvalue weighted by molar-refractivity contribution is 9.10. The Morgan fingerprint density at radius 1 is 1.33 bits per heavy atom. The van der Waals surface area contributed by atoms with Gasteiger partial charge in [-0.1, -0.05) is 6.07 Å². The molecule has 0 spiro atoms. The monoisotopic (exact) mass is 401 g/mol. The van der Waals surface area contributed by atoms with E-state index in [9.17, 15) is 9.18 Å². The van der Waals surface area contributed by atoms with Crippen LogP contribution in [0.15, 0.2) is 22.7 Å². The lowest BCUT2D eigenvalue weighted by atomic mass is 9.93. The summed E-state index contributed by atoms with van der Waals surface area (Å²) in [5.41, 5.74) is 0.142. The fraction of sp³-hybridized carbons (Fsp3) is 0.611. The van der Waals surface area contributed by atoms with E-state index in [1.165, 1.54) is 6.07 Å². The molecule has 2 rings (SSSR count). The average Bonchev–Trinajstić information content (AvgIpc) is 2.47. The van der Waals surface area contributed by atoms with Crippen LogP contribution >= 0.6 is 15.9 Å². The Kier molecular flexibility index (Phi) is 5.91. The van der Waals surface area contributed by atoms with Crippen LogP contribution < -0.4 is 0 Å². The molecular formula is C18H25BrFNO3. The molecule has 1 saturated heterocycles. The number of ether oxygens (including phenoxy) is 2. The lowest BCUT2D eigenvalue weighted by Crippen LogP contribution is -2.47. The summed E-state index contributed by atoms with van der Waals surface area (Å²) in [5, 5.41) is 0. The van der Waals surface area contributed by atoms with Gasteiger partial charge in [-0.2, -0.15) is 0 Å². The van der Waals surface area contributed by atoms with Gasteiger partial charge in [-0.15, -0.1) is 0 Å². The van der Waals surface area contributed by atoms with Gasteiger partial charge in [-0.3, -0.25) is 0 Å². The van der Waals surface area contributed by atoms with Gasteiger partial charge in [-0.25, -0.2) is 9.18 Å². The number of benzene rings is 1. The van der Waals surface area contributed by atoms with Crippen LogP contribution in [0.4, 0.5) is 9.18 Å². The topological polar surface area (TPSA) is 38.8 Å². The van der Waals surface area contributed by atoms with Crippen LogP contribution in [0.1, 0.15) is 46.1 Å². The summed E-state index contributed by atoms with van der Waals surface area (Å²) in [5.74, 6) is -0.282. The van der Waals surface area contributed by atoms with E-state index in [2.05, 4.69) is 22.9 Å². The molecule has 1 aliphatic heterocycles. The fourth-order valence-corrected chi connectivity index (χ4v) is 2.95. The maximum absolute atomic E-state index is 13.3. The standard InChI is InChI=1S/C18H25BrFNO3/c1-17(2,3)24-16(22)21-9-7-18(4,8-10-21)23-12-13-5-6-15(20)14(19)11-13/h5-6,11H,7-10,12H2,1-4H3. The molecule has 6 heteroatoms. The van der Waals surface area contributed by atoms with Crippen molar-refractivity contribution >= 4 is 22.0 Å². The number of rotatable bonds is 3. The highest BCUT2D eigenvalue weighted by Crippen LogP contribution is 2.28. The van der Waals surface area contributed by atoms with Crippen molar-refractivity contribution in [2.24, 2.45) is 0 Å². The molecule has 134 valence electrons. The van der Waals surface area contributed by atoms with Crippen LogP contribution in [0, 0.1) is 5.82 Å². The van der Waals surface area contributed by atoms with Gasteiger partial charge in [-0.05, 0) is 74.2 Å². The van der Waals surface area contributed by atoms with Crippen LogP contribution in [-0.2, 0) is 16.1 Å². The first kappa shape index (κ1) is 19.2. The van der Waals surface area contributed by atoms with Gasteiger partial charge >= 0.3 is 6.09 Å². The Bertz CT molecular complexity index is 592. The zero-order valence-electron chi connectivity index (χ0n) is 14.7. The summed E-state index contributed by atoms with van der Waals surface area (Å²) in [4.78, 5) is 13.8. The van der Waals surface area contributed by atoms with Crippen molar-refractivity contribution in [1.29, 1.82) is 0 Å². The molecule has 1 aromatic carbocycles. The SMILES string of the molecule is CC(C)(C)OC(=O)N1CCC(C)(OCc2ccc(F)c(Br)c2)CC1. The van der Waals surface area contributed by atoms with E-state index < -0.39 is 5.60 Å². The van der Waals surface area contributed by atoms with Crippen LogP contribution in [0.3, 0.4) is 0 Å². The molecule has 1 aliphatic rings. The molecule has 4 nitrogen and oxygen atoms in total. The second-order valence-electron chi connectivity index (χ2n) is 7.45. The van der Waals surface area contributed by atoms with Crippen molar-refractivity contribution in [3.63, 3.8) is 0 Å². The number of nitrogens with zero attached hydrogens (tertiary/aromatic N) is 1. The second-order valence-corrected chi connectivity index (χ2v) is 8.31.